The first-order valence-corrected chi connectivity index (χ1v) is 6.28. The molecule has 1 aromatic carbocycles. The molecule has 0 fully saturated rings. The minimum atomic E-state index is -0.601. The maximum absolute atomic E-state index is 11.6. The van der Waals surface area contributed by atoms with Crippen molar-refractivity contribution < 1.29 is 19.0 Å². The molecule has 0 amide bonds. The molecule has 0 bridgehead atoms. The van der Waals surface area contributed by atoms with E-state index in [9.17, 15) is 4.79 Å². The molecule has 102 valence electrons. The summed E-state index contributed by atoms with van der Waals surface area (Å²) < 4.78 is 15.8. The van der Waals surface area contributed by atoms with Crippen molar-refractivity contribution in [2.75, 3.05) is 7.11 Å². The lowest BCUT2D eigenvalue weighted by molar-refractivity contribution is -0.158. The lowest BCUT2D eigenvalue weighted by Gasteiger charge is -2.30. The van der Waals surface area contributed by atoms with Crippen molar-refractivity contribution in [1.82, 2.24) is 0 Å². The van der Waals surface area contributed by atoms with Crippen molar-refractivity contribution in [1.29, 1.82) is 0 Å². The van der Waals surface area contributed by atoms with Crippen LogP contribution in [0.4, 0.5) is 0 Å². The van der Waals surface area contributed by atoms with Crippen molar-refractivity contribution in [2.24, 2.45) is 5.92 Å². The van der Waals surface area contributed by atoms with Gasteiger partial charge in [0, 0.05) is 5.92 Å². The van der Waals surface area contributed by atoms with Gasteiger partial charge in [0.05, 0.1) is 26.1 Å². The zero-order valence-corrected chi connectivity index (χ0v) is 11.1. The molecule has 1 aliphatic rings. The van der Waals surface area contributed by atoms with Gasteiger partial charge in [0.15, 0.2) is 6.10 Å². The van der Waals surface area contributed by atoms with Crippen LogP contribution in [-0.4, -0.2) is 25.3 Å². The molecule has 0 radical (unpaired) electrons. The Balaban J connectivity index is 1.95. The molecule has 2 rings (SSSR count). The number of ether oxygens (including phenoxy) is 3. The molecule has 1 aliphatic heterocycles. The fraction of sp³-hybridized carbons (Fsp3) is 0.400. The number of methoxy groups -OCH3 is 1. The minimum absolute atomic E-state index is 0.0823. The lowest BCUT2D eigenvalue weighted by Crippen LogP contribution is -2.40. The van der Waals surface area contributed by atoms with Crippen LogP contribution in [0.5, 0.6) is 0 Å². The van der Waals surface area contributed by atoms with Crippen molar-refractivity contribution >= 4 is 5.97 Å². The molecule has 1 unspecified atom stereocenters. The van der Waals surface area contributed by atoms with Gasteiger partial charge >= 0.3 is 5.97 Å². The van der Waals surface area contributed by atoms with Crippen molar-refractivity contribution in [3.8, 4) is 0 Å². The van der Waals surface area contributed by atoms with Gasteiger partial charge in [0.1, 0.15) is 0 Å². The van der Waals surface area contributed by atoms with E-state index in [0.717, 1.165) is 5.56 Å². The van der Waals surface area contributed by atoms with Crippen LogP contribution in [0.25, 0.3) is 0 Å². The Labute approximate surface area is 113 Å². The standard InChI is InChI=1S/C15H18O4/c1-11-13(8-9-18-14(11)15(16)17-2)19-10-12-6-4-3-5-7-12/h3-9,11,13-14H,10H2,1-2H3/t11-,13+,14?/m1/s1. The molecule has 0 spiro atoms. The highest BCUT2D eigenvalue weighted by atomic mass is 16.6. The molecule has 1 aromatic rings. The van der Waals surface area contributed by atoms with Crippen LogP contribution >= 0.6 is 0 Å². The van der Waals surface area contributed by atoms with Gasteiger partial charge in [0.25, 0.3) is 0 Å². The minimum Gasteiger partial charge on any atom is -0.486 e. The summed E-state index contributed by atoms with van der Waals surface area (Å²) in [6, 6.07) is 9.92. The molecule has 0 aromatic heterocycles. The Kier molecular flexibility index (Phi) is 4.58. The molecule has 4 nitrogen and oxygen atoms in total. The first kappa shape index (κ1) is 13.6. The first-order valence-electron chi connectivity index (χ1n) is 6.28. The van der Waals surface area contributed by atoms with Crippen LogP contribution in [0.3, 0.4) is 0 Å². The zero-order valence-electron chi connectivity index (χ0n) is 11.1. The Hall–Kier alpha value is -1.81. The van der Waals surface area contributed by atoms with Gasteiger partial charge in [-0.3, -0.25) is 0 Å². The smallest absolute Gasteiger partial charge is 0.347 e. The molecule has 0 saturated carbocycles. The number of carbonyl (C=O) groups is 1. The third-order valence-electron chi connectivity index (χ3n) is 3.21. The van der Waals surface area contributed by atoms with E-state index in [4.69, 9.17) is 14.2 Å². The number of carbonyl (C=O) groups excluding carboxylic acids is 1. The van der Waals surface area contributed by atoms with Crippen LogP contribution in [0.1, 0.15) is 12.5 Å². The summed E-state index contributed by atoms with van der Waals surface area (Å²) >= 11 is 0. The number of hydrogen-bond acceptors (Lipinski definition) is 4. The predicted octanol–water partition coefficient (Wildman–Crippen LogP) is 2.29. The van der Waals surface area contributed by atoms with Crippen molar-refractivity contribution in [2.45, 2.75) is 25.7 Å². The average Bonchev–Trinajstić information content (AvgIpc) is 2.46. The number of benzene rings is 1. The highest BCUT2D eigenvalue weighted by molar-refractivity contribution is 5.75. The predicted molar refractivity (Wildman–Crippen MR) is 70.2 cm³/mol. The summed E-state index contributed by atoms with van der Waals surface area (Å²) in [5.41, 5.74) is 1.10. The molecule has 3 atom stereocenters. The summed E-state index contributed by atoms with van der Waals surface area (Å²) in [5.74, 6) is -0.452. The first-order chi connectivity index (χ1) is 9.22. The van der Waals surface area contributed by atoms with E-state index >= 15 is 0 Å². The Morgan fingerprint density at radius 2 is 2.05 bits per heavy atom. The second-order valence-electron chi connectivity index (χ2n) is 4.53. The molecular formula is C15H18O4. The van der Waals surface area contributed by atoms with Gasteiger partial charge in [-0.2, -0.15) is 0 Å². The van der Waals surface area contributed by atoms with Crippen LogP contribution in [0.2, 0.25) is 0 Å². The maximum Gasteiger partial charge on any atom is 0.347 e. The van der Waals surface area contributed by atoms with E-state index in [1.807, 2.05) is 43.3 Å². The van der Waals surface area contributed by atoms with Gasteiger partial charge < -0.3 is 14.2 Å². The van der Waals surface area contributed by atoms with Crippen LogP contribution < -0.4 is 0 Å². The molecule has 0 saturated heterocycles. The highest BCUT2D eigenvalue weighted by Crippen LogP contribution is 2.23. The van der Waals surface area contributed by atoms with E-state index in [1.54, 1.807) is 0 Å². The second kappa shape index (κ2) is 6.38. The molecule has 1 heterocycles. The molecular weight excluding hydrogens is 244 g/mol. The largest absolute Gasteiger partial charge is 0.486 e. The third-order valence-corrected chi connectivity index (χ3v) is 3.21. The van der Waals surface area contributed by atoms with E-state index in [2.05, 4.69) is 0 Å². The van der Waals surface area contributed by atoms with Crippen molar-refractivity contribution in [3.05, 3.63) is 48.2 Å². The summed E-state index contributed by atoms with van der Waals surface area (Å²) in [5, 5.41) is 0. The number of hydrogen-bond donors (Lipinski definition) is 0. The Bertz CT molecular complexity index is 441. The Morgan fingerprint density at radius 3 is 2.74 bits per heavy atom. The maximum atomic E-state index is 11.6. The summed E-state index contributed by atoms with van der Waals surface area (Å²) in [4.78, 5) is 11.6. The lowest BCUT2D eigenvalue weighted by atomic mass is 9.96. The molecule has 0 aliphatic carbocycles. The quantitative estimate of drug-likeness (QED) is 0.781. The number of esters is 1. The van der Waals surface area contributed by atoms with E-state index in [0.29, 0.717) is 6.61 Å². The van der Waals surface area contributed by atoms with E-state index in [1.165, 1.54) is 13.4 Å². The average molecular weight is 262 g/mol. The van der Waals surface area contributed by atoms with Gasteiger partial charge in [-0.25, -0.2) is 4.79 Å². The summed E-state index contributed by atoms with van der Waals surface area (Å²) in [6.07, 6.45) is 2.58. The van der Waals surface area contributed by atoms with Crippen LogP contribution in [0, 0.1) is 5.92 Å². The molecule has 19 heavy (non-hydrogen) atoms. The SMILES string of the molecule is COC(=O)C1OC=C[C@H](OCc2ccccc2)[C@H]1C. The summed E-state index contributed by atoms with van der Waals surface area (Å²) in [6.45, 7) is 2.43. The van der Waals surface area contributed by atoms with E-state index < -0.39 is 6.10 Å². The summed E-state index contributed by atoms with van der Waals surface area (Å²) in [7, 11) is 1.36. The van der Waals surface area contributed by atoms with Gasteiger partial charge in [-0.1, -0.05) is 37.3 Å². The topological polar surface area (TPSA) is 44.8 Å². The van der Waals surface area contributed by atoms with Crippen molar-refractivity contribution in [3.63, 3.8) is 0 Å². The fourth-order valence-corrected chi connectivity index (χ4v) is 2.04. The van der Waals surface area contributed by atoms with Gasteiger partial charge in [-0.05, 0) is 11.6 Å². The second-order valence-corrected chi connectivity index (χ2v) is 4.53. The highest BCUT2D eigenvalue weighted by Gasteiger charge is 2.35. The van der Waals surface area contributed by atoms with Crippen LogP contribution in [-0.2, 0) is 25.6 Å². The monoisotopic (exact) mass is 262 g/mol. The molecule has 4 heteroatoms. The fourth-order valence-electron chi connectivity index (χ4n) is 2.04. The van der Waals surface area contributed by atoms with Crippen LogP contribution in [0.15, 0.2) is 42.7 Å². The number of rotatable bonds is 4. The zero-order chi connectivity index (χ0) is 13.7. The molecule has 0 N–H and O–H groups in total. The van der Waals surface area contributed by atoms with E-state index in [-0.39, 0.29) is 18.0 Å². The van der Waals surface area contributed by atoms with Gasteiger partial charge in [0.2, 0.25) is 0 Å². The van der Waals surface area contributed by atoms with Gasteiger partial charge in [-0.15, -0.1) is 0 Å². The third kappa shape index (κ3) is 3.35. The Morgan fingerprint density at radius 1 is 1.32 bits per heavy atom. The normalized spacial score (nSPS) is 25.7.